The Bertz CT molecular complexity index is 925. The Labute approximate surface area is 134 Å². The van der Waals surface area contributed by atoms with Gasteiger partial charge in [-0.15, -0.1) is 0 Å². The van der Waals surface area contributed by atoms with Crippen LogP contribution in [0.3, 0.4) is 0 Å². The van der Waals surface area contributed by atoms with Gasteiger partial charge in [0.2, 0.25) is 5.95 Å². The predicted molar refractivity (Wildman–Crippen MR) is 92.9 cm³/mol. The Kier molecular flexibility index (Phi) is 3.30. The SMILES string of the molecule is CCc1nc(CC)nc(-n2c3ccccc3c3ccccc32)n1. The fraction of sp³-hybridized carbons (Fsp3) is 0.211. The van der Waals surface area contributed by atoms with Crippen molar-refractivity contribution < 1.29 is 0 Å². The van der Waals surface area contributed by atoms with Crippen LogP contribution in [-0.4, -0.2) is 19.5 Å². The van der Waals surface area contributed by atoms with E-state index < -0.39 is 0 Å². The Morgan fingerprint density at radius 1 is 0.696 bits per heavy atom. The van der Waals surface area contributed by atoms with E-state index in [9.17, 15) is 0 Å². The van der Waals surface area contributed by atoms with Gasteiger partial charge in [-0.2, -0.15) is 9.97 Å². The first-order valence-electron chi connectivity index (χ1n) is 8.04. The van der Waals surface area contributed by atoms with Gasteiger partial charge in [0.1, 0.15) is 11.6 Å². The van der Waals surface area contributed by atoms with E-state index in [1.54, 1.807) is 0 Å². The molecule has 0 aliphatic rings. The highest BCUT2D eigenvalue weighted by molar-refractivity contribution is 6.08. The molecule has 4 nitrogen and oxygen atoms in total. The summed E-state index contributed by atoms with van der Waals surface area (Å²) in [5, 5.41) is 2.44. The van der Waals surface area contributed by atoms with Crippen LogP contribution in [0.2, 0.25) is 0 Å². The van der Waals surface area contributed by atoms with Crippen molar-refractivity contribution in [3.8, 4) is 5.95 Å². The van der Waals surface area contributed by atoms with Crippen LogP contribution in [0.25, 0.3) is 27.8 Å². The van der Waals surface area contributed by atoms with E-state index in [2.05, 4.69) is 81.9 Å². The van der Waals surface area contributed by atoms with Crippen LogP contribution < -0.4 is 0 Å². The molecule has 23 heavy (non-hydrogen) atoms. The molecule has 0 atom stereocenters. The van der Waals surface area contributed by atoms with Crippen LogP contribution in [0, 0.1) is 0 Å². The van der Waals surface area contributed by atoms with Gasteiger partial charge in [0.25, 0.3) is 0 Å². The topological polar surface area (TPSA) is 43.6 Å². The summed E-state index contributed by atoms with van der Waals surface area (Å²) in [4.78, 5) is 13.9. The molecule has 0 amide bonds. The Balaban J connectivity index is 2.12. The quantitative estimate of drug-likeness (QED) is 0.572. The maximum atomic E-state index is 4.68. The summed E-state index contributed by atoms with van der Waals surface area (Å²) in [6, 6.07) is 16.8. The maximum Gasteiger partial charge on any atom is 0.238 e. The second-order valence-corrected chi connectivity index (χ2v) is 5.54. The normalized spacial score (nSPS) is 11.4. The zero-order valence-electron chi connectivity index (χ0n) is 13.3. The molecule has 0 radical (unpaired) electrons. The molecule has 4 aromatic rings. The predicted octanol–water partition coefficient (Wildman–Crippen LogP) is 4.09. The molecule has 2 aromatic heterocycles. The number of rotatable bonds is 3. The summed E-state index contributed by atoms with van der Waals surface area (Å²) < 4.78 is 2.14. The number of para-hydroxylation sites is 2. The van der Waals surface area contributed by atoms with Crippen molar-refractivity contribution in [2.24, 2.45) is 0 Å². The van der Waals surface area contributed by atoms with Gasteiger partial charge in [0.05, 0.1) is 11.0 Å². The second-order valence-electron chi connectivity index (χ2n) is 5.54. The van der Waals surface area contributed by atoms with Crippen LogP contribution in [0.15, 0.2) is 48.5 Å². The van der Waals surface area contributed by atoms with E-state index in [4.69, 9.17) is 0 Å². The monoisotopic (exact) mass is 302 g/mol. The zero-order valence-corrected chi connectivity index (χ0v) is 13.3. The largest absolute Gasteiger partial charge is 0.278 e. The van der Waals surface area contributed by atoms with E-state index in [-0.39, 0.29) is 0 Å². The molecule has 114 valence electrons. The molecule has 0 unspecified atom stereocenters. The van der Waals surface area contributed by atoms with Crippen LogP contribution in [0.4, 0.5) is 0 Å². The summed E-state index contributed by atoms with van der Waals surface area (Å²) >= 11 is 0. The van der Waals surface area contributed by atoms with Crippen molar-refractivity contribution in [3.05, 3.63) is 60.2 Å². The molecule has 4 rings (SSSR count). The second kappa shape index (κ2) is 5.47. The molecule has 2 aromatic carbocycles. The first kappa shape index (κ1) is 13.9. The Morgan fingerprint density at radius 3 is 1.65 bits per heavy atom. The number of nitrogens with zero attached hydrogens (tertiary/aromatic N) is 4. The fourth-order valence-electron chi connectivity index (χ4n) is 3.01. The Hall–Kier alpha value is -2.75. The van der Waals surface area contributed by atoms with E-state index in [0.29, 0.717) is 5.95 Å². The fourth-order valence-corrected chi connectivity index (χ4v) is 3.01. The van der Waals surface area contributed by atoms with E-state index in [1.165, 1.54) is 10.8 Å². The summed E-state index contributed by atoms with van der Waals surface area (Å²) in [6.07, 6.45) is 1.61. The van der Waals surface area contributed by atoms with Gasteiger partial charge in [-0.25, -0.2) is 4.98 Å². The highest BCUT2D eigenvalue weighted by Gasteiger charge is 2.14. The lowest BCUT2D eigenvalue weighted by Crippen LogP contribution is -2.09. The van der Waals surface area contributed by atoms with Crippen molar-refractivity contribution in [1.82, 2.24) is 19.5 Å². The van der Waals surface area contributed by atoms with Crippen LogP contribution in [0.1, 0.15) is 25.5 Å². The molecule has 0 aliphatic carbocycles. The lowest BCUT2D eigenvalue weighted by atomic mass is 10.2. The highest BCUT2D eigenvalue weighted by atomic mass is 15.2. The molecule has 0 spiro atoms. The number of hydrogen-bond donors (Lipinski definition) is 0. The molecule has 0 aliphatic heterocycles. The van der Waals surface area contributed by atoms with Crippen molar-refractivity contribution in [3.63, 3.8) is 0 Å². The van der Waals surface area contributed by atoms with E-state index in [0.717, 1.165) is 35.5 Å². The van der Waals surface area contributed by atoms with Crippen molar-refractivity contribution in [1.29, 1.82) is 0 Å². The van der Waals surface area contributed by atoms with Gasteiger partial charge in [-0.05, 0) is 12.1 Å². The molecule has 4 heteroatoms. The molecule has 0 bridgehead atoms. The lowest BCUT2D eigenvalue weighted by Gasteiger charge is -2.08. The average molecular weight is 302 g/mol. The number of fused-ring (bicyclic) bond motifs is 3. The van der Waals surface area contributed by atoms with Gasteiger partial charge in [-0.1, -0.05) is 50.2 Å². The minimum absolute atomic E-state index is 0.714. The van der Waals surface area contributed by atoms with Crippen molar-refractivity contribution >= 4 is 21.8 Å². The smallest absolute Gasteiger partial charge is 0.238 e. The third kappa shape index (κ3) is 2.18. The molecule has 0 fully saturated rings. The van der Waals surface area contributed by atoms with E-state index in [1.807, 2.05) is 0 Å². The van der Waals surface area contributed by atoms with Gasteiger partial charge in [0.15, 0.2) is 0 Å². The van der Waals surface area contributed by atoms with Gasteiger partial charge < -0.3 is 0 Å². The highest BCUT2D eigenvalue weighted by Crippen LogP contribution is 2.30. The van der Waals surface area contributed by atoms with Crippen molar-refractivity contribution in [2.75, 3.05) is 0 Å². The molecular weight excluding hydrogens is 284 g/mol. The summed E-state index contributed by atoms with van der Waals surface area (Å²) in [5.74, 6) is 2.40. The number of aromatic nitrogens is 4. The average Bonchev–Trinajstić information content (AvgIpc) is 2.96. The Morgan fingerprint density at radius 2 is 1.17 bits per heavy atom. The molecular formula is C19H18N4. The molecule has 0 N–H and O–H groups in total. The van der Waals surface area contributed by atoms with Gasteiger partial charge >= 0.3 is 0 Å². The summed E-state index contributed by atoms with van der Waals surface area (Å²) in [5.41, 5.74) is 2.26. The number of hydrogen-bond acceptors (Lipinski definition) is 3. The minimum Gasteiger partial charge on any atom is -0.278 e. The lowest BCUT2D eigenvalue weighted by molar-refractivity contribution is 0.795. The van der Waals surface area contributed by atoms with Gasteiger partial charge in [-0.3, -0.25) is 4.57 Å². The molecule has 0 saturated heterocycles. The number of aryl methyl sites for hydroxylation is 2. The standard InChI is InChI=1S/C19H18N4/c1-3-17-20-18(4-2)22-19(21-17)23-15-11-7-5-9-13(15)14-10-6-8-12-16(14)23/h5-12H,3-4H2,1-2H3. The third-order valence-electron chi connectivity index (χ3n) is 4.13. The summed E-state index contributed by atoms with van der Waals surface area (Å²) in [6.45, 7) is 4.15. The minimum atomic E-state index is 0.714. The summed E-state index contributed by atoms with van der Waals surface area (Å²) in [7, 11) is 0. The van der Waals surface area contributed by atoms with Crippen LogP contribution in [-0.2, 0) is 12.8 Å². The molecule has 0 saturated carbocycles. The number of benzene rings is 2. The third-order valence-corrected chi connectivity index (χ3v) is 4.13. The van der Waals surface area contributed by atoms with Crippen molar-refractivity contribution in [2.45, 2.75) is 26.7 Å². The maximum absolute atomic E-state index is 4.68. The van der Waals surface area contributed by atoms with E-state index >= 15 is 0 Å². The van der Waals surface area contributed by atoms with Crippen LogP contribution in [0.5, 0.6) is 0 Å². The first-order chi connectivity index (χ1) is 11.3. The zero-order chi connectivity index (χ0) is 15.8. The van der Waals surface area contributed by atoms with Crippen LogP contribution >= 0.6 is 0 Å². The first-order valence-corrected chi connectivity index (χ1v) is 8.04. The molecule has 2 heterocycles. The van der Waals surface area contributed by atoms with Gasteiger partial charge in [0, 0.05) is 23.6 Å².